The van der Waals surface area contributed by atoms with Gasteiger partial charge in [-0.3, -0.25) is 4.79 Å². The number of amides is 1. The highest BCUT2D eigenvalue weighted by molar-refractivity contribution is 14.2. The van der Waals surface area contributed by atoms with E-state index in [0.29, 0.717) is 0 Å². The highest BCUT2D eigenvalue weighted by Gasteiger charge is 1.97. The van der Waals surface area contributed by atoms with Crippen LogP contribution in [0.15, 0.2) is 7.66 Å². The van der Waals surface area contributed by atoms with Gasteiger partial charge in [0.25, 0.3) is 0 Å². The highest BCUT2D eigenvalue weighted by Crippen LogP contribution is 2.14. The van der Waals surface area contributed by atoms with Gasteiger partial charge in [-0.1, -0.05) is 0 Å². The van der Waals surface area contributed by atoms with Gasteiger partial charge in [0.05, 0.1) is 1.59 Å². The largest absolute Gasteiger partial charge is 0.345 e. The van der Waals surface area contributed by atoms with Crippen molar-refractivity contribution < 1.29 is 4.79 Å². The summed E-state index contributed by atoms with van der Waals surface area (Å²) in [5.41, 5.74) is 0. The van der Waals surface area contributed by atoms with Gasteiger partial charge in [-0.25, -0.2) is 0 Å². The third-order valence-corrected chi connectivity index (χ3v) is 1.30. The average Bonchev–Trinajstić information content (AvgIpc) is 1.63. The second-order valence-corrected chi connectivity index (χ2v) is 6.06. The monoisotopic (exact) mass is 351 g/mol. The number of hydrogen-bond acceptors (Lipinski definition) is 1. The van der Waals surface area contributed by atoms with Crippen molar-refractivity contribution in [2.45, 2.75) is 0 Å². The molecule has 0 aromatic carbocycles. The Balaban J connectivity index is 3.93. The molecule has 4 heteroatoms. The first-order chi connectivity index (χ1) is 4.04. The van der Waals surface area contributed by atoms with Crippen LogP contribution in [0.2, 0.25) is 0 Å². The van der Waals surface area contributed by atoms with Crippen molar-refractivity contribution in [2.24, 2.45) is 0 Å². The molecule has 0 aromatic heterocycles. The van der Waals surface area contributed by atoms with E-state index in [1.54, 1.807) is 20.2 Å². The maximum Gasteiger partial charge on any atom is 0.247 e. The van der Waals surface area contributed by atoms with E-state index in [1.807, 2.05) is 0 Å². The summed E-state index contributed by atoms with van der Waals surface area (Å²) >= 11 is 4.18. The first kappa shape index (κ1) is 9.67. The van der Waals surface area contributed by atoms with Gasteiger partial charge in [0.1, 0.15) is 0 Å². The highest BCUT2D eigenvalue weighted by atomic mass is 127. The SMILES string of the molecule is CN(C)C(=O)C=C(I)I. The van der Waals surface area contributed by atoms with Crippen molar-refractivity contribution >= 4 is 51.1 Å². The van der Waals surface area contributed by atoms with Gasteiger partial charge in [0.2, 0.25) is 5.91 Å². The molecule has 0 atom stereocenters. The molecule has 0 saturated heterocycles. The van der Waals surface area contributed by atoms with Crippen LogP contribution in [0.3, 0.4) is 0 Å². The molecule has 52 valence electrons. The van der Waals surface area contributed by atoms with Crippen LogP contribution in [0.1, 0.15) is 0 Å². The van der Waals surface area contributed by atoms with Gasteiger partial charge in [-0.15, -0.1) is 0 Å². The summed E-state index contributed by atoms with van der Waals surface area (Å²) in [6.45, 7) is 0. The molecule has 0 fully saturated rings. The Morgan fingerprint density at radius 2 is 1.89 bits per heavy atom. The van der Waals surface area contributed by atoms with Crippen LogP contribution in [0.4, 0.5) is 0 Å². The van der Waals surface area contributed by atoms with Crippen LogP contribution in [-0.4, -0.2) is 24.9 Å². The molecule has 0 aliphatic heterocycles. The molecule has 9 heavy (non-hydrogen) atoms. The Kier molecular flexibility index (Phi) is 4.81. The fourth-order valence-electron chi connectivity index (χ4n) is 0.222. The molecule has 0 spiro atoms. The second kappa shape index (κ2) is 4.48. The van der Waals surface area contributed by atoms with Crippen molar-refractivity contribution in [2.75, 3.05) is 14.1 Å². The third-order valence-electron chi connectivity index (χ3n) is 0.673. The molecule has 0 heterocycles. The summed E-state index contributed by atoms with van der Waals surface area (Å²) in [6.07, 6.45) is 1.58. The second-order valence-electron chi connectivity index (χ2n) is 1.67. The van der Waals surface area contributed by atoms with E-state index in [2.05, 4.69) is 45.2 Å². The predicted molar refractivity (Wildman–Crippen MR) is 54.8 cm³/mol. The van der Waals surface area contributed by atoms with Crippen molar-refractivity contribution in [1.82, 2.24) is 4.90 Å². The zero-order valence-corrected chi connectivity index (χ0v) is 9.50. The minimum absolute atomic E-state index is 0.0359. The lowest BCUT2D eigenvalue weighted by molar-refractivity contribution is -0.123. The molecule has 0 radical (unpaired) electrons. The maximum atomic E-state index is 10.8. The Bertz CT molecular complexity index is 138. The summed E-state index contributed by atoms with van der Waals surface area (Å²) in [7, 11) is 3.46. The molecule has 0 rings (SSSR count). The molecule has 0 unspecified atom stereocenters. The quantitative estimate of drug-likeness (QED) is 0.521. The molecular formula is C5H7I2NO. The van der Waals surface area contributed by atoms with Crippen LogP contribution < -0.4 is 0 Å². The molecule has 0 saturated carbocycles. The Hall–Kier alpha value is 0.670. The maximum absolute atomic E-state index is 10.8. The molecule has 0 N–H and O–H groups in total. The fraction of sp³-hybridized carbons (Fsp3) is 0.400. The third kappa shape index (κ3) is 5.13. The van der Waals surface area contributed by atoms with E-state index in [-0.39, 0.29) is 5.91 Å². The molecule has 0 aliphatic rings. The number of likely N-dealkylation sites (N-methyl/N-ethyl adjacent to an activating group) is 1. The Morgan fingerprint density at radius 3 is 2.00 bits per heavy atom. The molecule has 0 bridgehead atoms. The molecule has 0 aromatic rings. The van der Waals surface area contributed by atoms with Gasteiger partial charge in [0.15, 0.2) is 0 Å². The summed E-state index contributed by atoms with van der Waals surface area (Å²) < 4.78 is 0.976. The van der Waals surface area contributed by atoms with Gasteiger partial charge < -0.3 is 4.90 Å². The van der Waals surface area contributed by atoms with Crippen molar-refractivity contribution in [3.05, 3.63) is 7.66 Å². The van der Waals surface area contributed by atoms with Crippen LogP contribution in [-0.2, 0) is 4.79 Å². The van der Waals surface area contributed by atoms with Crippen molar-refractivity contribution in [3.63, 3.8) is 0 Å². The van der Waals surface area contributed by atoms with Crippen molar-refractivity contribution in [1.29, 1.82) is 0 Å². The van der Waals surface area contributed by atoms with Crippen LogP contribution in [0.25, 0.3) is 0 Å². The number of hydrogen-bond donors (Lipinski definition) is 0. The smallest absolute Gasteiger partial charge is 0.247 e. The van der Waals surface area contributed by atoms with Crippen LogP contribution in [0.5, 0.6) is 0 Å². The summed E-state index contributed by atoms with van der Waals surface area (Å²) in [6, 6.07) is 0. The summed E-state index contributed by atoms with van der Waals surface area (Å²) in [5.74, 6) is 0.0359. The first-order valence-electron chi connectivity index (χ1n) is 2.28. The van der Waals surface area contributed by atoms with Gasteiger partial charge in [-0.05, 0) is 45.2 Å². The van der Waals surface area contributed by atoms with E-state index in [9.17, 15) is 4.79 Å². The lowest BCUT2D eigenvalue weighted by Crippen LogP contribution is -2.18. The van der Waals surface area contributed by atoms with Crippen LogP contribution in [0, 0.1) is 0 Å². The molecule has 2 nitrogen and oxygen atoms in total. The Labute approximate surface area is 82.0 Å². The number of halogens is 2. The molecule has 0 aliphatic carbocycles. The zero-order valence-electron chi connectivity index (χ0n) is 5.19. The van der Waals surface area contributed by atoms with Gasteiger partial charge >= 0.3 is 0 Å². The van der Waals surface area contributed by atoms with Gasteiger partial charge in [0, 0.05) is 20.2 Å². The first-order valence-corrected chi connectivity index (χ1v) is 4.43. The summed E-state index contributed by atoms with van der Waals surface area (Å²) in [4.78, 5) is 12.3. The number of nitrogens with zero attached hydrogens (tertiary/aromatic N) is 1. The fourth-order valence-corrected chi connectivity index (χ4v) is 0.755. The minimum Gasteiger partial charge on any atom is -0.345 e. The van der Waals surface area contributed by atoms with Crippen molar-refractivity contribution in [3.8, 4) is 0 Å². The minimum atomic E-state index is 0.0359. The lowest BCUT2D eigenvalue weighted by atomic mass is 10.5. The topological polar surface area (TPSA) is 20.3 Å². The van der Waals surface area contributed by atoms with E-state index in [0.717, 1.165) is 1.59 Å². The molecule has 1 amide bonds. The van der Waals surface area contributed by atoms with Gasteiger partial charge in [-0.2, -0.15) is 0 Å². The number of carbonyl (C=O) groups is 1. The van der Waals surface area contributed by atoms with E-state index in [4.69, 9.17) is 0 Å². The van der Waals surface area contributed by atoms with E-state index < -0.39 is 0 Å². The number of rotatable bonds is 1. The number of carbonyl (C=O) groups excluding carboxylic acids is 1. The van der Waals surface area contributed by atoms with Crippen LogP contribution >= 0.6 is 45.2 Å². The average molecular weight is 351 g/mol. The molecular weight excluding hydrogens is 344 g/mol. The predicted octanol–water partition coefficient (Wildman–Crippen LogP) is 1.79. The normalized spacial score (nSPS) is 8.44. The van der Waals surface area contributed by atoms with E-state index in [1.165, 1.54) is 4.90 Å². The standard InChI is InChI=1S/C5H7I2NO/c1-8(2)5(9)3-4(6)7/h3H,1-2H3. The van der Waals surface area contributed by atoms with E-state index >= 15 is 0 Å². The zero-order chi connectivity index (χ0) is 7.44. The lowest BCUT2D eigenvalue weighted by Gasteiger charge is -2.04. The Morgan fingerprint density at radius 1 is 1.44 bits per heavy atom. The summed E-state index contributed by atoms with van der Waals surface area (Å²) in [5, 5.41) is 0.